The Hall–Kier alpha value is -5.21. The second-order valence-corrected chi connectivity index (χ2v) is 9.59. The van der Waals surface area contributed by atoms with Crippen molar-refractivity contribution in [1.82, 2.24) is 9.55 Å². The van der Waals surface area contributed by atoms with Crippen LogP contribution in [0.25, 0.3) is 71.3 Å². The van der Waals surface area contributed by atoms with Crippen LogP contribution in [0.15, 0.2) is 139 Å². The number of rotatable bonds is 3. The molecule has 0 radical (unpaired) electrons. The van der Waals surface area contributed by atoms with Crippen molar-refractivity contribution in [3.8, 4) is 27.9 Å². The van der Waals surface area contributed by atoms with Crippen molar-refractivity contribution in [2.75, 3.05) is 0 Å². The van der Waals surface area contributed by atoms with Crippen molar-refractivity contribution in [2.24, 2.45) is 0 Å². The zero-order valence-corrected chi connectivity index (χ0v) is 21.1. The highest BCUT2D eigenvalue weighted by molar-refractivity contribution is 6.23. The van der Waals surface area contributed by atoms with Gasteiger partial charge in [0.05, 0.1) is 22.0 Å². The lowest BCUT2D eigenvalue weighted by atomic mass is 9.84. The van der Waals surface area contributed by atoms with E-state index >= 15 is 0 Å². The lowest BCUT2D eigenvalue weighted by molar-refractivity contribution is 1.00. The third-order valence-electron chi connectivity index (χ3n) is 7.39. The summed E-state index contributed by atoms with van der Waals surface area (Å²) in [5.74, 6) is -0.175. The lowest BCUT2D eigenvalue weighted by Gasteiger charge is -2.19. The molecule has 8 aromatic rings. The molecular formula is C38H26N2. The van der Waals surface area contributed by atoms with E-state index in [-0.39, 0.29) is 62.7 Å². The van der Waals surface area contributed by atoms with Gasteiger partial charge in [-0.05, 0) is 85.7 Å². The highest BCUT2D eigenvalue weighted by Crippen LogP contribution is 2.45. The summed E-state index contributed by atoms with van der Waals surface area (Å²) in [6.07, 6.45) is 0. The van der Waals surface area contributed by atoms with Crippen LogP contribution in [0, 0.1) is 6.85 Å². The fourth-order valence-electron chi connectivity index (χ4n) is 5.71. The van der Waals surface area contributed by atoms with Gasteiger partial charge in [0.15, 0.2) is 0 Å². The number of benzene rings is 7. The average Bonchev–Trinajstić information content (AvgIpc) is 3.54. The van der Waals surface area contributed by atoms with Crippen molar-refractivity contribution < 1.29 is 15.1 Å². The van der Waals surface area contributed by atoms with Gasteiger partial charge in [-0.15, -0.1) is 0 Å². The number of hydrogen-bond donors (Lipinski definition) is 0. The normalized spacial score (nSPS) is 15.8. The molecule has 0 saturated carbocycles. The molecule has 0 saturated heterocycles. The lowest BCUT2D eigenvalue weighted by Crippen LogP contribution is -1.97. The van der Waals surface area contributed by atoms with Crippen molar-refractivity contribution >= 4 is 43.4 Å². The predicted octanol–water partition coefficient (Wildman–Crippen LogP) is 10.1. The largest absolute Gasteiger partial charge is 0.297 e. The van der Waals surface area contributed by atoms with Crippen molar-refractivity contribution in [1.29, 1.82) is 0 Å². The molecule has 1 aromatic heterocycles. The monoisotopic (exact) mass is 521 g/mol. The van der Waals surface area contributed by atoms with Gasteiger partial charge in [0.2, 0.25) is 0 Å². The van der Waals surface area contributed by atoms with E-state index in [1.807, 2.05) is 36.4 Å². The minimum absolute atomic E-state index is 0.0742. The molecule has 0 aliphatic heterocycles. The Morgan fingerprint density at radius 1 is 0.625 bits per heavy atom. The zero-order chi connectivity index (χ0) is 36.1. The van der Waals surface area contributed by atoms with Crippen LogP contribution in [0.1, 0.15) is 20.9 Å². The molecule has 1 heterocycles. The SMILES string of the molecule is [2H]c1c([2H])c([2H])c2c(-c3cccc4ccccc34)c3c([2H])c([2H])c([2H])c([2H])c3c(-c3cccc(-n4c(C([2H])([2H])[2H])nc5ccccc54)c3)c2c1[2H]. The standard InChI is InChI=1S/C38H26N2/c1-25-39-35-22-8-9-23-36(35)40(25)28-15-10-14-27(24-28)37-31-17-4-6-19-33(31)38(34-20-7-5-18-32(34)37)30-21-11-13-26-12-2-3-16-29(26)30/h2-24H,1H3/i1D3,4D,5D,6D,7D,17D,18D,19D,20D. The molecule has 2 heteroatoms. The molecule has 2 nitrogen and oxygen atoms in total. The van der Waals surface area contributed by atoms with Crippen molar-refractivity contribution in [2.45, 2.75) is 6.85 Å². The van der Waals surface area contributed by atoms with Crippen LogP contribution >= 0.6 is 0 Å². The first-order chi connectivity index (χ1) is 24.3. The number of imidazole rings is 1. The second kappa shape index (κ2) is 8.93. The van der Waals surface area contributed by atoms with Gasteiger partial charge in [0.25, 0.3) is 0 Å². The third kappa shape index (κ3) is 3.40. The van der Waals surface area contributed by atoms with E-state index in [2.05, 4.69) is 4.98 Å². The van der Waals surface area contributed by atoms with E-state index in [4.69, 9.17) is 9.60 Å². The first-order valence-corrected chi connectivity index (χ1v) is 12.8. The summed E-state index contributed by atoms with van der Waals surface area (Å²) in [5.41, 5.74) is 2.74. The fourth-order valence-corrected chi connectivity index (χ4v) is 5.71. The fraction of sp³-hybridized carbons (Fsp3) is 0.0263. The Bertz CT molecular complexity index is 2700. The maximum atomic E-state index is 9.28. The molecule has 0 aliphatic carbocycles. The maximum absolute atomic E-state index is 9.28. The first-order valence-electron chi connectivity index (χ1n) is 18.3. The molecule has 0 bridgehead atoms. The molecule has 0 spiro atoms. The van der Waals surface area contributed by atoms with Gasteiger partial charge in [-0.25, -0.2) is 4.98 Å². The highest BCUT2D eigenvalue weighted by atomic mass is 15.1. The molecule has 0 N–H and O–H groups in total. The maximum Gasteiger partial charge on any atom is 0.111 e. The topological polar surface area (TPSA) is 17.8 Å². The molecule has 0 aliphatic rings. The summed E-state index contributed by atoms with van der Waals surface area (Å²) in [6.45, 7) is -2.59. The van der Waals surface area contributed by atoms with E-state index < -0.39 is 31.0 Å². The Kier molecular flexibility index (Phi) is 3.18. The van der Waals surface area contributed by atoms with E-state index in [1.165, 1.54) is 4.57 Å². The third-order valence-corrected chi connectivity index (χ3v) is 7.39. The van der Waals surface area contributed by atoms with Gasteiger partial charge in [-0.1, -0.05) is 115 Å². The number of aryl methyl sites for hydroxylation is 1. The van der Waals surface area contributed by atoms with Crippen LogP contribution in [0.4, 0.5) is 0 Å². The number of aromatic nitrogens is 2. The van der Waals surface area contributed by atoms with Crippen LogP contribution < -0.4 is 0 Å². The van der Waals surface area contributed by atoms with Gasteiger partial charge in [0, 0.05) is 9.80 Å². The molecule has 0 fully saturated rings. The second-order valence-electron chi connectivity index (χ2n) is 9.59. The van der Waals surface area contributed by atoms with Crippen LogP contribution in [0.2, 0.25) is 0 Å². The minimum Gasteiger partial charge on any atom is -0.297 e. The van der Waals surface area contributed by atoms with E-state index in [1.54, 1.807) is 54.6 Å². The summed E-state index contributed by atoms with van der Waals surface area (Å²) in [7, 11) is 0. The number of para-hydroxylation sites is 2. The van der Waals surface area contributed by atoms with Crippen LogP contribution in [0.3, 0.4) is 0 Å². The van der Waals surface area contributed by atoms with Gasteiger partial charge in [0.1, 0.15) is 5.82 Å². The Labute approximate surface area is 248 Å². The summed E-state index contributed by atoms with van der Waals surface area (Å²) in [4.78, 5) is 4.43. The summed E-state index contributed by atoms with van der Waals surface area (Å²) < 4.78 is 98.3. The summed E-state index contributed by atoms with van der Waals surface area (Å²) in [6, 6.07) is 23.3. The smallest absolute Gasteiger partial charge is 0.111 e. The van der Waals surface area contributed by atoms with Crippen LogP contribution in [-0.2, 0) is 0 Å². The first kappa shape index (κ1) is 14.3. The van der Waals surface area contributed by atoms with Gasteiger partial charge < -0.3 is 0 Å². The number of fused-ring (bicyclic) bond motifs is 4. The zero-order valence-electron chi connectivity index (χ0n) is 32.1. The average molecular weight is 522 g/mol. The van der Waals surface area contributed by atoms with Gasteiger partial charge in [-0.3, -0.25) is 4.57 Å². The van der Waals surface area contributed by atoms with Crippen molar-refractivity contribution in [3.05, 3.63) is 145 Å². The van der Waals surface area contributed by atoms with Crippen molar-refractivity contribution in [3.63, 3.8) is 0 Å². The molecule has 8 rings (SSSR count). The van der Waals surface area contributed by atoms with E-state index in [0.29, 0.717) is 27.8 Å². The Morgan fingerprint density at radius 2 is 1.27 bits per heavy atom. The summed E-state index contributed by atoms with van der Waals surface area (Å²) in [5, 5.41) is 1.93. The van der Waals surface area contributed by atoms with Gasteiger partial charge in [-0.2, -0.15) is 0 Å². The van der Waals surface area contributed by atoms with Crippen LogP contribution in [0.5, 0.6) is 0 Å². The summed E-state index contributed by atoms with van der Waals surface area (Å²) >= 11 is 0. The molecule has 0 amide bonds. The molecule has 40 heavy (non-hydrogen) atoms. The van der Waals surface area contributed by atoms with Crippen LogP contribution in [-0.4, -0.2) is 9.55 Å². The van der Waals surface area contributed by atoms with Gasteiger partial charge >= 0.3 is 0 Å². The van der Waals surface area contributed by atoms with E-state index in [0.717, 1.165) is 10.8 Å². The highest BCUT2D eigenvalue weighted by Gasteiger charge is 2.18. The molecule has 0 unspecified atom stereocenters. The molecular weight excluding hydrogens is 484 g/mol. The quantitative estimate of drug-likeness (QED) is 0.211. The van der Waals surface area contributed by atoms with E-state index in [9.17, 15) is 5.48 Å². The Morgan fingerprint density at radius 3 is 2.05 bits per heavy atom. The Balaban J connectivity index is 1.61. The molecule has 188 valence electrons. The minimum atomic E-state index is -2.59. The molecule has 0 atom stereocenters. The number of hydrogen-bond acceptors (Lipinski definition) is 1. The number of nitrogens with zero attached hydrogens (tertiary/aromatic N) is 2. The molecule has 7 aromatic carbocycles. The predicted molar refractivity (Wildman–Crippen MR) is 169 cm³/mol.